The molecule has 6 heteroatoms. The Bertz CT molecular complexity index is 707. The highest BCUT2D eigenvalue weighted by Crippen LogP contribution is 2.23. The van der Waals surface area contributed by atoms with Crippen LogP contribution in [-0.2, 0) is 22.4 Å². The molecule has 0 aliphatic carbocycles. The number of aryl methyl sites for hydroxylation is 1. The van der Waals surface area contributed by atoms with Crippen molar-refractivity contribution < 1.29 is 13.5 Å². The molecule has 1 atom stereocenters. The minimum absolute atomic E-state index is 0.0878. The molecule has 0 spiro atoms. The van der Waals surface area contributed by atoms with E-state index in [-0.39, 0.29) is 18.4 Å². The van der Waals surface area contributed by atoms with Gasteiger partial charge in [0.2, 0.25) is 10.0 Å². The summed E-state index contributed by atoms with van der Waals surface area (Å²) in [6.45, 7) is 3.74. The minimum atomic E-state index is -3.42. The summed E-state index contributed by atoms with van der Waals surface area (Å²) in [6.07, 6.45) is 0. The van der Waals surface area contributed by atoms with Gasteiger partial charge in [-0.3, -0.25) is 0 Å². The van der Waals surface area contributed by atoms with Gasteiger partial charge in [-0.05, 0) is 37.1 Å². The second-order valence-electron chi connectivity index (χ2n) is 5.03. The maximum absolute atomic E-state index is 12.2. The molecule has 4 nitrogen and oxygen atoms in total. The van der Waals surface area contributed by atoms with Crippen LogP contribution in [0.3, 0.4) is 0 Å². The largest absolute Gasteiger partial charge is 0.392 e. The van der Waals surface area contributed by atoms with Crippen molar-refractivity contribution in [3.8, 4) is 0 Å². The molecule has 0 bridgehead atoms. The van der Waals surface area contributed by atoms with Crippen LogP contribution in [0.4, 0.5) is 0 Å². The van der Waals surface area contributed by atoms with E-state index in [4.69, 9.17) is 5.11 Å². The first-order valence-corrected chi connectivity index (χ1v) is 9.11. The van der Waals surface area contributed by atoms with Gasteiger partial charge in [-0.1, -0.05) is 24.3 Å². The van der Waals surface area contributed by atoms with Crippen LogP contribution < -0.4 is 4.72 Å². The number of benzene rings is 1. The molecule has 21 heavy (non-hydrogen) atoms. The van der Waals surface area contributed by atoms with Gasteiger partial charge in [0.25, 0.3) is 0 Å². The van der Waals surface area contributed by atoms with E-state index >= 15 is 0 Å². The SMILES string of the molecule is Cc1ccc(C(C)NS(=O)(=O)Cc2cccc(CO)c2)s1. The lowest BCUT2D eigenvalue weighted by Gasteiger charge is -2.13. The summed E-state index contributed by atoms with van der Waals surface area (Å²) in [4.78, 5) is 2.16. The fourth-order valence-corrected chi connectivity index (χ4v) is 4.41. The van der Waals surface area contributed by atoms with Gasteiger partial charge in [0.05, 0.1) is 18.4 Å². The molecule has 0 amide bonds. The van der Waals surface area contributed by atoms with Gasteiger partial charge in [0, 0.05) is 9.75 Å². The number of aliphatic hydroxyl groups excluding tert-OH is 1. The Morgan fingerprint density at radius 1 is 1.24 bits per heavy atom. The van der Waals surface area contributed by atoms with Crippen molar-refractivity contribution in [3.63, 3.8) is 0 Å². The van der Waals surface area contributed by atoms with Crippen molar-refractivity contribution in [3.05, 3.63) is 57.3 Å². The molecule has 1 unspecified atom stereocenters. The number of aliphatic hydroxyl groups is 1. The summed E-state index contributed by atoms with van der Waals surface area (Å²) in [6, 6.07) is 10.7. The van der Waals surface area contributed by atoms with Crippen LogP contribution in [0.2, 0.25) is 0 Å². The molecule has 2 N–H and O–H groups in total. The highest BCUT2D eigenvalue weighted by Gasteiger charge is 2.17. The molecule has 1 aromatic heterocycles. The second-order valence-corrected chi connectivity index (χ2v) is 8.10. The second kappa shape index (κ2) is 6.70. The fraction of sp³-hybridized carbons (Fsp3) is 0.333. The Kier molecular flexibility index (Phi) is 5.16. The lowest BCUT2D eigenvalue weighted by molar-refractivity contribution is 0.282. The molecule has 0 saturated carbocycles. The molecule has 1 heterocycles. The van der Waals surface area contributed by atoms with Crippen molar-refractivity contribution in [2.24, 2.45) is 0 Å². The van der Waals surface area contributed by atoms with Gasteiger partial charge in [0.1, 0.15) is 0 Å². The zero-order valence-corrected chi connectivity index (χ0v) is 13.7. The number of rotatable bonds is 6. The van der Waals surface area contributed by atoms with Crippen molar-refractivity contribution in [1.29, 1.82) is 0 Å². The van der Waals surface area contributed by atoms with E-state index in [1.54, 1.807) is 35.6 Å². The van der Waals surface area contributed by atoms with Gasteiger partial charge in [-0.25, -0.2) is 13.1 Å². The van der Waals surface area contributed by atoms with E-state index in [0.717, 1.165) is 9.75 Å². The predicted octanol–water partition coefficient (Wildman–Crippen LogP) is 2.73. The third kappa shape index (κ3) is 4.64. The fourth-order valence-electron chi connectivity index (χ4n) is 2.09. The van der Waals surface area contributed by atoms with Crippen LogP contribution in [0.1, 0.15) is 33.8 Å². The molecule has 0 saturated heterocycles. The van der Waals surface area contributed by atoms with E-state index in [1.807, 2.05) is 26.0 Å². The first-order valence-electron chi connectivity index (χ1n) is 6.64. The normalized spacial score (nSPS) is 13.3. The lowest BCUT2D eigenvalue weighted by atomic mass is 10.1. The van der Waals surface area contributed by atoms with E-state index in [9.17, 15) is 8.42 Å². The molecule has 0 aliphatic rings. The Morgan fingerprint density at radius 3 is 2.57 bits per heavy atom. The third-order valence-corrected chi connectivity index (χ3v) is 5.68. The molecule has 114 valence electrons. The van der Waals surface area contributed by atoms with Crippen LogP contribution in [0, 0.1) is 6.92 Å². The van der Waals surface area contributed by atoms with E-state index in [2.05, 4.69) is 4.72 Å². The average Bonchev–Trinajstić information content (AvgIpc) is 2.84. The maximum Gasteiger partial charge on any atom is 0.216 e. The zero-order valence-electron chi connectivity index (χ0n) is 12.0. The minimum Gasteiger partial charge on any atom is -0.392 e. The smallest absolute Gasteiger partial charge is 0.216 e. The third-order valence-electron chi connectivity index (χ3n) is 3.07. The van der Waals surface area contributed by atoms with Gasteiger partial charge in [-0.15, -0.1) is 11.3 Å². The Hall–Kier alpha value is -1.21. The summed E-state index contributed by atoms with van der Waals surface area (Å²) in [5, 5.41) is 9.09. The standard InChI is InChI=1S/C15H19NO3S2/c1-11-6-7-15(20-11)12(2)16-21(18,19)10-14-5-3-4-13(8-14)9-17/h3-8,12,16-17H,9-10H2,1-2H3. The molecular weight excluding hydrogens is 306 g/mol. The van der Waals surface area contributed by atoms with Crippen LogP contribution in [0.15, 0.2) is 36.4 Å². The van der Waals surface area contributed by atoms with E-state index < -0.39 is 10.0 Å². The van der Waals surface area contributed by atoms with Crippen LogP contribution in [0.5, 0.6) is 0 Å². The highest BCUT2D eigenvalue weighted by molar-refractivity contribution is 7.88. The molecule has 2 rings (SSSR count). The summed E-state index contributed by atoms with van der Waals surface area (Å²) >= 11 is 1.59. The van der Waals surface area contributed by atoms with Crippen molar-refractivity contribution >= 4 is 21.4 Å². The Morgan fingerprint density at radius 2 is 1.95 bits per heavy atom. The lowest BCUT2D eigenvalue weighted by Crippen LogP contribution is -2.27. The summed E-state index contributed by atoms with van der Waals surface area (Å²) in [5.74, 6) is -0.0878. The molecule has 2 aromatic rings. The molecule has 0 fully saturated rings. The van der Waals surface area contributed by atoms with E-state index in [1.165, 1.54) is 0 Å². The van der Waals surface area contributed by atoms with Gasteiger partial charge in [-0.2, -0.15) is 0 Å². The van der Waals surface area contributed by atoms with Crippen molar-refractivity contribution in [2.45, 2.75) is 32.2 Å². The van der Waals surface area contributed by atoms with Crippen LogP contribution >= 0.6 is 11.3 Å². The number of thiophene rings is 1. The van der Waals surface area contributed by atoms with Gasteiger partial charge >= 0.3 is 0 Å². The topological polar surface area (TPSA) is 66.4 Å². The maximum atomic E-state index is 12.2. The zero-order chi connectivity index (χ0) is 15.5. The summed E-state index contributed by atoms with van der Waals surface area (Å²) in [7, 11) is -3.42. The number of sulfonamides is 1. The molecule has 0 aliphatic heterocycles. The summed E-state index contributed by atoms with van der Waals surface area (Å²) in [5.41, 5.74) is 1.38. The van der Waals surface area contributed by atoms with E-state index in [0.29, 0.717) is 11.1 Å². The van der Waals surface area contributed by atoms with Gasteiger partial charge in [0.15, 0.2) is 0 Å². The number of nitrogens with one attached hydrogen (secondary N) is 1. The van der Waals surface area contributed by atoms with Gasteiger partial charge < -0.3 is 5.11 Å². The molecule has 1 aromatic carbocycles. The highest BCUT2D eigenvalue weighted by atomic mass is 32.2. The quantitative estimate of drug-likeness (QED) is 0.858. The van der Waals surface area contributed by atoms with Crippen molar-refractivity contribution in [1.82, 2.24) is 4.72 Å². The molecular formula is C15H19NO3S2. The van der Waals surface area contributed by atoms with Crippen LogP contribution in [-0.4, -0.2) is 13.5 Å². The predicted molar refractivity (Wildman–Crippen MR) is 85.6 cm³/mol. The first-order chi connectivity index (χ1) is 9.89. The Balaban J connectivity index is 2.07. The molecule has 0 radical (unpaired) electrons. The Labute approximate surface area is 129 Å². The monoisotopic (exact) mass is 325 g/mol. The average molecular weight is 325 g/mol. The summed E-state index contributed by atoms with van der Waals surface area (Å²) < 4.78 is 27.1. The number of hydrogen-bond acceptors (Lipinski definition) is 4. The van der Waals surface area contributed by atoms with Crippen molar-refractivity contribution in [2.75, 3.05) is 0 Å². The first kappa shape index (κ1) is 16.2. The number of hydrogen-bond donors (Lipinski definition) is 2. The van der Waals surface area contributed by atoms with Crippen LogP contribution in [0.25, 0.3) is 0 Å².